The number of rotatable bonds is 9. The Morgan fingerprint density at radius 2 is 1.64 bits per heavy atom. The van der Waals surface area contributed by atoms with Gasteiger partial charge in [-0.3, -0.25) is 0 Å². The van der Waals surface area contributed by atoms with Gasteiger partial charge in [-0.2, -0.15) is 0 Å². The zero-order valence-electron chi connectivity index (χ0n) is 8.53. The molecule has 0 fully saturated rings. The smallest absolute Gasteiger partial charge is 0.159 e. The van der Waals surface area contributed by atoms with Crippen molar-refractivity contribution in [2.45, 2.75) is 13.3 Å². The Morgan fingerprint density at radius 1 is 1.07 bits per heavy atom. The van der Waals surface area contributed by atoms with E-state index in [1.807, 2.05) is 6.92 Å². The minimum Gasteiger partial charge on any atom is -0.485 e. The molecule has 0 aliphatic heterocycles. The van der Waals surface area contributed by atoms with Crippen molar-refractivity contribution < 1.29 is 19.3 Å². The normalized spacial score (nSPS) is 10.1. The lowest BCUT2D eigenvalue weighted by molar-refractivity contribution is 0.0237. The summed E-state index contributed by atoms with van der Waals surface area (Å²) in [5.41, 5.74) is 0. The molecule has 0 unspecified atom stereocenters. The van der Waals surface area contributed by atoms with Crippen LogP contribution in [-0.2, 0) is 14.2 Å². The highest BCUT2D eigenvalue weighted by Gasteiger charge is 1.93. The Bertz CT molecular complexity index is 141. The third kappa shape index (κ3) is 9.85. The Labute approximate surface area is 90.2 Å². The zero-order valence-corrected chi connectivity index (χ0v) is 9.35. The van der Waals surface area contributed by atoms with Crippen molar-refractivity contribution in [3.05, 3.63) is 0 Å². The van der Waals surface area contributed by atoms with E-state index < -0.39 is 0 Å². The van der Waals surface area contributed by atoms with Gasteiger partial charge >= 0.3 is 0 Å². The van der Waals surface area contributed by atoms with Crippen molar-refractivity contribution in [3.8, 4) is 0 Å². The molecule has 0 aliphatic rings. The van der Waals surface area contributed by atoms with Gasteiger partial charge in [0.25, 0.3) is 0 Å². The highest BCUT2D eigenvalue weighted by molar-refractivity contribution is 7.80. The predicted octanol–water partition coefficient (Wildman–Crippen LogP) is 0.766. The first-order chi connectivity index (χ1) is 6.81. The Kier molecular flexibility index (Phi) is 10.7. The number of thiocarbonyl (C=S) groups is 1. The minimum atomic E-state index is 0.0495. The van der Waals surface area contributed by atoms with Gasteiger partial charge in [-0.1, -0.05) is 6.92 Å². The van der Waals surface area contributed by atoms with Gasteiger partial charge in [0.15, 0.2) is 5.05 Å². The molecule has 5 heteroatoms. The Hall–Kier alpha value is -0.230. The molecule has 0 aromatic carbocycles. The van der Waals surface area contributed by atoms with Crippen LogP contribution >= 0.6 is 12.2 Å². The molecule has 0 saturated carbocycles. The van der Waals surface area contributed by atoms with Gasteiger partial charge in [-0.15, -0.1) is 0 Å². The number of hydrogen-bond acceptors (Lipinski definition) is 5. The predicted molar refractivity (Wildman–Crippen MR) is 57.6 cm³/mol. The first-order valence-corrected chi connectivity index (χ1v) is 5.14. The number of hydrogen-bond donors (Lipinski definition) is 1. The van der Waals surface area contributed by atoms with Gasteiger partial charge in [-0.25, -0.2) is 0 Å². The van der Waals surface area contributed by atoms with Gasteiger partial charge < -0.3 is 19.3 Å². The third-order valence-corrected chi connectivity index (χ3v) is 1.79. The lowest BCUT2D eigenvalue weighted by Crippen LogP contribution is -2.12. The molecule has 0 atom stereocenters. The van der Waals surface area contributed by atoms with E-state index in [0.29, 0.717) is 38.1 Å². The van der Waals surface area contributed by atoms with Crippen LogP contribution in [0.2, 0.25) is 0 Å². The second-order valence-electron chi connectivity index (χ2n) is 2.52. The second-order valence-corrected chi connectivity index (χ2v) is 2.98. The molecular formula is C9H18O4S. The third-order valence-electron chi connectivity index (χ3n) is 1.39. The lowest BCUT2D eigenvalue weighted by atomic mass is 10.5. The van der Waals surface area contributed by atoms with E-state index in [4.69, 9.17) is 31.5 Å². The van der Waals surface area contributed by atoms with Gasteiger partial charge in [0.2, 0.25) is 0 Å². The summed E-state index contributed by atoms with van der Waals surface area (Å²) in [7, 11) is 0. The van der Waals surface area contributed by atoms with E-state index in [9.17, 15) is 0 Å². The summed E-state index contributed by atoms with van der Waals surface area (Å²) >= 11 is 4.86. The molecule has 0 radical (unpaired) electrons. The van der Waals surface area contributed by atoms with E-state index in [0.717, 1.165) is 6.42 Å². The zero-order chi connectivity index (χ0) is 10.6. The quantitative estimate of drug-likeness (QED) is 0.461. The largest absolute Gasteiger partial charge is 0.485 e. The molecule has 0 spiro atoms. The number of ether oxygens (including phenoxy) is 3. The Morgan fingerprint density at radius 3 is 2.21 bits per heavy atom. The Balaban J connectivity index is 2.95. The highest BCUT2D eigenvalue weighted by atomic mass is 32.1. The molecule has 1 N–H and O–H groups in total. The molecular weight excluding hydrogens is 204 g/mol. The lowest BCUT2D eigenvalue weighted by Gasteiger charge is -2.06. The standard InChI is InChI=1S/C9H18O4S/c1-2-9(14)13-8-7-12-6-5-11-4-3-10/h10H,2-8H2,1H3. The van der Waals surface area contributed by atoms with Crippen molar-refractivity contribution in [2.75, 3.05) is 39.6 Å². The summed E-state index contributed by atoms with van der Waals surface area (Å²) in [6, 6.07) is 0. The first-order valence-electron chi connectivity index (χ1n) is 4.73. The molecule has 0 amide bonds. The SMILES string of the molecule is CCC(=S)OCCOCCOCCO. The average molecular weight is 222 g/mol. The molecule has 0 saturated heterocycles. The van der Waals surface area contributed by atoms with E-state index in [1.165, 1.54) is 0 Å². The molecule has 0 rings (SSSR count). The summed E-state index contributed by atoms with van der Waals surface area (Å²) < 4.78 is 15.3. The van der Waals surface area contributed by atoms with Crippen LogP contribution in [0.15, 0.2) is 0 Å². The van der Waals surface area contributed by atoms with E-state index in [1.54, 1.807) is 0 Å². The fourth-order valence-corrected chi connectivity index (χ4v) is 0.786. The number of aliphatic hydroxyl groups is 1. The molecule has 0 aliphatic carbocycles. The molecule has 4 nitrogen and oxygen atoms in total. The van der Waals surface area contributed by atoms with Gasteiger partial charge in [-0.05, 0) is 12.2 Å². The van der Waals surface area contributed by atoms with Crippen molar-refractivity contribution in [1.29, 1.82) is 0 Å². The van der Waals surface area contributed by atoms with Gasteiger partial charge in [0.1, 0.15) is 6.61 Å². The molecule has 0 heterocycles. The summed E-state index contributed by atoms with van der Waals surface area (Å²) in [6.45, 7) is 4.38. The van der Waals surface area contributed by atoms with Crippen LogP contribution < -0.4 is 0 Å². The van der Waals surface area contributed by atoms with E-state index in [2.05, 4.69) is 0 Å². The summed E-state index contributed by atoms with van der Waals surface area (Å²) in [6.07, 6.45) is 0.759. The molecule has 14 heavy (non-hydrogen) atoms. The van der Waals surface area contributed by atoms with Crippen LogP contribution in [0.1, 0.15) is 13.3 Å². The average Bonchev–Trinajstić information content (AvgIpc) is 2.21. The van der Waals surface area contributed by atoms with Crippen LogP contribution in [0.3, 0.4) is 0 Å². The van der Waals surface area contributed by atoms with E-state index >= 15 is 0 Å². The van der Waals surface area contributed by atoms with Crippen LogP contribution in [-0.4, -0.2) is 49.8 Å². The van der Waals surface area contributed by atoms with Crippen molar-refractivity contribution >= 4 is 17.3 Å². The molecule has 0 aromatic rings. The summed E-state index contributed by atoms with van der Waals surface area (Å²) in [5, 5.41) is 9.01. The fraction of sp³-hybridized carbons (Fsp3) is 0.889. The van der Waals surface area contributed by atoms with Crippen molar-refractivity contribution in [1.82, 2.24) is 0 Å². The maximum atomic E-state index is 8.40. The number of aliphatic hydroxyl groups excluding tert-OH is 1. The fourth-order valence-electron chi connectivity index (χ4n) is 0.703. The second kappa shape index (κ2) is 10.8. The van der Waals surface area contributed by atoms with Crippen LogP contribution in [0.5, 0.6) is 0 Å². The molecule has 0 bridgehead atoms. The van der Waals surface area contributed by atoms with Gasteiger partial charge in [0.05, 0.1) is 33.0 Å². The monoisotopic (exact) mass is 222 g/mol. The maximum Gasteiger partial charge on any atom is 0.159 e. The maximum absolute atomic E-state index is 8.40. The first kappa shape index (κ1) is 13.8. The van der Waals surface area contributed by atoms with Crippen molar-refractivity contribution in [3.63, 3.8) is 0 Å². The van der Waals surface area contributed by atoms with Crippen LogP contribution in [0, 0.1) is 0 Å². The molecule has 84 valence electrons. The topological polar surface area (TPSA) is 47.9 Å². The molecule has 0 aromatic heterocycles. The van der Waals surface area contributed by atoms with Crippen LogP contribution in [0.4, 0.5) is 0 Å². The summed E-state index contributed by atoms with van der Waals surface area (Å²) in [4.78, 5) is 0. The van der Waals surface area contributed by atoms with Gasteiger partial charge in [0, 0.05) is 6.42 Å². The minimum absolute atomic E-state index is 0.0495. The summed E-state index contributed by atoms with van der Waals surface area (Å²) in [5.74, 6) is 0. The van der Waals surface area contributed by atoms with Crippen molar-refractivity contribution in [2.24, 2.45) is 0 Å². The van der Waals surface area contributed by atoms with Crippen LogP contribution in [0.25, 0.3) is 0 Å². The van der Waals surface area contributed by atoms with E-state index in [-0.39, 0.29) is 6.61 Å². The highest BCUT2D eigenvalue weighted by Crippen LogP contribution is 1.88.